The van der Waals surface area contributed by atoms with Crippen molar-refractivity contribution in [2.24, 2.45) is 0 Å². The normalized spacial score (nSPS) is 10.3. The first kappa shape index (κ1) is 14.9. The van der Waals surface area contributed by atoms with Crippen LogP contribution in [-0.2, 0) is 4.74 Å². The smallest absolute Gasteiger partial charge is 0.338 e. The summed E-state index contributed by atoms with van der Waals surface area (Å²) in [6.45, 7) is 2.15. The van der Waals surface area contributed by atoms with Gasteiger partial charge in [0.25, 0.3) is 0 Å². The summed E-state index contributed by atoms with van der Waals surface area (Å²) < 4.78 is 5.10. The second kappa shape index (κ2) is 6.83. The Labute approximate surface area is 134 Å². The third-order valence-electron chi connectivity index (χ3n) is 3.48. The fraction of sp³-hybridized carbons (Fsp3) is 0.105. The van der Waals surface area contributed by atoms with Gasteiger partial charge >= 0.3 is 5.97 Å². The van der Waals surface area contributed by atoms with Crippen molar-refractivity contribution < 1.29 is 9.53 Å². The summed E-state index contributed by atoms with van der Waals surface area (Å²) in [6, 6.07) is 13.3. The molecule has 2 aromatic heterocycles. The van der Waals surface area contributed by atoms with Crippen molar-refractivity contribution in [3.8, 4) is 22.3 Å². The van der Waals surface area contributed by atoms with E-state index in [1.54, 1.807) is 37.8 Å². The topological polar surface area (TPSA) is 52.1 Å². The number of carbonyl (C=O) groups is 1. The van der Waals surface area contributed by atoms with Gasteiger partial charge in [0, 0.05) is 35.9 Å². The Bertz CT molecular complexity index is 802. The van der Waals surface area contributed by atoms with Crippen LogP contribution in [-0.4, -0.2) is 22.5 Å². The van der Waals surface area contributed by atoms with Gasteiger partial charge in [-0.1, -0.05) is 18.2 Å². The molecule has 0 bridgehead atoms. The Kier molecular flexibility index (Phi) is 4.43. The highest BCUT2D eigenvalue weighted by Crippen LogP contribution is 2.32. The van der Waals surface area contributed by atoms with Gasteiger partial charge in [0.05, 0.1) is 12.2 Å². The van der Waals surface area contributed by atoms with E-state index in [9.17, 15) is 4.79 Å². The SMILES string of the molecule is CCOC(=O)c1ccc(-c2cccnc2)c(-c2cccnc2)c1. The van der Waals surface area contributed by atoms with Crippen LogP contribution in [0.15, 0.2) is 67.3 Å². The molecule has 0 atom stereocenters. The Morgan fingerprint density at radius 3 is 2.17 bits per heavy atom. The van der Waals surface area contributed by atoms with Crippen LogP contribution >= 0.6 is 0 Å². The van der Waals surface area contributed by atoms with Crippen LogP contribution in [0.4, 0.5) is 0 Å². The molecule has 0 saturated carbocycles. The van der Waals surface area contributed by atoms with Crippen LogP contribution in [0.5, 0.6) is 0 Å². The minimum absolute atomic E-state index is 0.324. The van der Waals surface area contributed by atoms with E-state index in [1.165, 1.54) is 0 Å². The van der Waals surface area contributed by atoms with Gasteiger partial charge in [-0.25, -0.2) is 4.79 Å². The predicted molar refractivity (Wildman–Crippen MR) is 88.9 cm³/mol. The number of hydrogen-bond acceptors (Lipinski definition) is 4. The van der Waals surface area contributed by atoms with Gasteiger partial charge in [0.2, 0.25) is 0 Å². The molecule has 0 radical (unpaired) electrons. The Morgan fingerprint density at radius 1 is 0.957 bits per heavy atom. The minimum Gasteiger partial charge on any atom is -0.462 e. The summed E-state index contributed by atoms with van der Waals surface area (Å²) in [5, 5.41) is 0. The van der Waals surface area contributed by atoms with E-state index in [4.69, 9.17) is 4.74 Å². The number of carbonyl (C=O) groups excluding carboxylic acids is 1. The average Bonchev–Trinajstić information content (AvgIpc) is 2.63. The number of benzene rings is 1. The quantitative estimate of drug-likeness (QED) is 0.684. The lowest BCUT2D eigenvalue weighted by Gasteiger charge is -2.12. The number of aromatic nitrogens is 2. The summed E-state index contributed by atoms with van der Waals surface area (Å²) in [5.41, 5.74) is 4.38. The summed E-state index contributed by atoms with van der Waals surface area (Å²) in [7, 11) is 0. The zero-order valence-electron chi connectivity index (χ0n) is 12.8. The van der Waals surface area contributed by atoms with Crippen molar-refractivity contribution in [1.82, 2.24) is 9.97 Å². The molecule has 23 heavy (non-hydrogen) atoms. The van der Waals surface area contributed by atoms with Gasteiger partial charge < -0.3 is 4.74 Å². The van der Waals surface area contributed by atoms with Crippen LogP contribution in [0.2, 0.25) is 0 Å². The van der Waals surface area contributed by atoms with Crippen LogP contribution in [0.25, 0.3) is 22.3 Å². The van der Waals surface area contributed by atoms with Crippen molar-refractivity contribution in [2.75, 3.05) is 6.61 Å². The predicted octanol–water partition coefficient (Wildman–Crippen LogP) is 3.99. The van der Waals surface area contributed by atoms with Gasteiger partial charge in [0.1, 0.15) is 0 Å². The third-order valence-corrected chi connectivity index (χ3v) is 3.48. The molecule has 114 valence electrons. The fourth-order valence-corrected chi connectivity index (χ4v) is 2.42. The van der Waals surface area contributed by atoms with Crippen molar-refractivity contribution in [2.45, 2.75) is 6.92 Å². The number of pyridine rings is 2. The molecule has 2 heterocycles. The first-order chi connectivity index (χ1) is 11.3. The van der Waals surface area contributed by atoms with Gasteiger partial charge in [-0.15, -0.1) is 0 Å². The zero-order chi connectivity index (χ0) is 16.1. The van der Waals surface area contributed by atoms with Gasteiger partial charge in [-0.05, 0) is 42.3 Å². The van der Waals surface area contributed by atoms with E-state index < -0.39 is 0 Å². The molecule has 3 aromatic rings. The van der Waals surface area contributed by atoms with E-state index in [0.717, 1.165) is 22.3 Å². The lowest BCUT2D eigenvalue weighted by atomic mass is 9.94. The van der Waals surface area contributed by atoms with Crippen molar-refractivity contribution in [3.05, 3.63) is 72.8 Å². The third kappa shape index (κ3) is 3.26. The molecule has 0 spiro atoms. The molecule has 0 aliphatic rings. The molecule has 1 aromatic carbocycles. The first-order valence-corrected chi connectivity index (χ1v) is 7.41. The van der Waals surface area contributed by atoms with Crippen LogP contribution < -0.4 is 0 Å². The lowest BCUT2D eigenvalue weighted by molar-refractivity contribution is 0.0526. The number of nitrogens with zero attached hydrogens (tertiary/aromatic N) is 2. The van der Waals surface area contributed by atoms with E-state index >= 15 is 0 Å². The molecule has 4 heteroatoms. The largest absolute Gasteiger partial charge is 0.462 e. The maximum absolute atomic E-state index is 12.0. The molecule has 0 aliphatic heterocycles. The van der Waals surface area contributed by atoms with Crippen molar-refractivity contribution >= 4 is 5.97 Å². The highest BCUT2D eigenvalue weighted by molar-refractivity contribution is 5.94. The zero-order valence-corrected chi connectivity index (χ0v) is 12.8. The highest BCUT2D eigenvalue weighted by Gasteiger charge is 2.13. The van der Waals surface area contributed by atoms with E-state index in [0.29, 0.717) is 12.2 Å². The number of esters is 1. The molecule has 0 saturated heterocycles. The summed E-state index contributed by atoms with van der Waals surface area (Å²) in [6.07, 6.45) is 7.05. The minimum atomic E-state index is -0.324. The van der Waals surface area contributed by atoms with Gasteiger partial charge in [-0.2, -0.15) is 0 Å². The maximum Gasteiger partial charge on any atom is 0.338 e. The molecule has 0 N–H and O–H groups in total. The molecule has 4 nitrogen and oxygen atoms in total. The van der Waals surface area contributed by atoms with Crippen molar-refractivity contribution in [3.63, 3.8) is 0 Å². The Balaban J connectivity index is 2.15. The second-order valence-electron chi connectivity index (χ2n) is 4.96. The van der Waals surface area contributed by atoms with E-state index in [1.807, 2.05) is 36.4 Å². The monoisotopic (exact) mass is 304 g/mol. The summed E-state index contributed by atoms with van der Waals surface area (Å²) >= 11 is 0. The van der Waals surface area contributed by atoms with Crippen molar-refractivity contribution in [1.29, 1.82) is 0 Å². The number of ether oxygens (including phenoxy) is 1. The molecular weight excluding hydrogens is 288 g/mol. The number of hydrogen-bond donors (Lipinski definition) is 0. The van der Waals surface area contributed by atoms with Crippen LogP contribution in [0.3, 0.4) is 0 Å². The number of rotatable bonds is 4. The lowest BCUT2D eigenvalue weighted by Crippen LogP contribution is -2.05. The van der Waals surface area contributed by atoms with Crippen LogP contribution in [0, 0.1) is 0 Å². The summed E-state index contributed by atoms with van der Waals surface area (Å²) in [5.74, 6) is -0.324. The molecule has 0 amide bonds. The molecular formula is C19H16N2O2. The fourth-order valence-electron chi connectivity index (χ4n) is 2.42. The first-order valence-electron chi connectivity index (χ1n) is 7.41. The Hall–Kier alpha value is -3.01. The van der Waals surface area contributed by atoms with Gasteiger partial charge in [-0.3, -0.25) is 9.97 Å². The molecule has 3 rings (SSSR count). The summed E-state index contributed by atoms with van der Waals surface area (Å²) in [4.78, 5) is 20.4. The average molecular weight is 304 g/mol. The molecule has 0 unspecified atom stereocenters. The van der Waals surface area contributed by atoms with E-state index in [2.05, 4.69) is 9.97 Å². The molecule has 0 aliphatic carbocycles. The highest BCUT2D eigenvalue weighted by atomic mass is 16.5. The second-order valence-corrected chi connectivity index (χ2v) is 4.96. The molecule has 0 fully saturated rings. The van der Waals surface area contributed by atoms with Gasteiger partial charge in [0.15, 0.2) is 0 Å². The standard InChI is InChI=1S/C19H16N2O2/c1-2-23-19(22)14-7-8-17(15-5-3-9-20-12-15)18(11-14)16-6-4-10-21-13-16/h3-13H,2H2,1H3. The van der Waals surface area contributed by atoms with E-state index in [-0.39, 0.29) is 5.97 Å². The maximum atomic E-state index is 12.0. The Morgan fingerprint density at radius 2 is 1.61 bits per heavy atom. The van der Waals surface area contributed by atoms with Crippen LogP contribution in [0.1, 0.15) is 17.3 Å².